The predicted octanol–water partition coefficient (Wildman–Crippen LogP) is 3.01. The van der Waals surface area contributed by atoms with Crippen molar-refractivity contribution < 1.29 is 4.79 Å². The summed E-state index contributed by atoms with van der Waals surface area (Å²) in [6.07, 6.45) is 1.65. The molecule has 0 saturated carbocycles. The number of halogens is 2. The van der Waals surface area contributed by atoms with Crippen molar-refractivity contribution in [3.05, 3.63) is 21.9 Å². The number of nitrogens with zero attached hydrogens (tertiary/aromatic N) is 1. The summed E-state index contributed by atoms with van der Waals surface area (Å²) in [5, 5.41) is 3.27. The summed E-state index contributed by atoms with van der Waals surface area (Å²) in [5.74, 6) is -0.338. The first-order valence-electron chi connectivity index (χ1n) is 5.83. The van der Waals surface area contributed by atoms with Crippen LogP contribution in [0.4, 0.5) is 5.69 Å². The van der Waals surface area contributed by atoms with E-state index < -0.39 is 0 Å². The van der Waals surface area contributed by atoms with Crippen LogP contribution < -0.4 is 11.1 Å². The van der Waals surface area contributed by atoms with E-state index in [0.29, 0.717) is 17.4 Å². The molecule has 0 spiro atoms. The highest BCUT2D eigenvalue weighted by atomic mass is 35.5. The first-order chi connectivity index (χ1) is 8.49. The van der Waals surface area contributed by atoms with E-state index in [1.165, 1.54) is 0 Å². The molecular weight excluding hydrogens is 273 g/mol. The largest absolute Gasteiger partial charge is 0.330 e. The van der Waals surface area contributed by atoms with Crippen LogP contribution in [0.25, 0.3) is 0 Å². The molecule has 1 amide bonds. The van der Waals surface area contributed by atoms with Gasteiger partial charge in [0, 0.05) is 6.54 Å². The molecule has 1 heterocycles. The molecule has 1 unspecified atom stereocenters. The fourth-order valence-corrected chi connectivity index (χ4v) is 2.25. The normalized spacial score (nSPS) is 12.3. The topological polar surface area (TPSA) is 68.0 Å². The average Bonchev–Trinajstić information content (AvgIpc) is 2.30. The number of hydrogen-bond donors (Lipinski definition) is 2. The van der Waals surface area contributed by atoms with Gasteiger partial charge in [-0.25, -0.2) is 4.98 Å². The highest BCUT2D eigenvalue weighted by molar-refractivity contribution is 6.34. The van der Waals surface area contributed by atoms with Crippen LogP contribution in [-0.2, 0) is 4.79 Å². The van der Waals surface area contributed by atoms with Crippen molar-refractivity contribution in [1.29, 1.82) is 0 Å². The second-order valence-corrected chi connectivity index (χ2v) is 4.88. The lowest BCUT2D eigenvalue weighted by Gasteiger charge is -2.16. The summed E-state index contributed by atoms with van der Waals surface area (Å²) in [7, 11) is 0. The molecule has 1 rings (SSSR count). The van der Waals surface area contributed by atoms with Gasteiger partial charge in [0.2, 0.25) is 5.91 Å². The Morgan fingerprint density at radius 3 is 2.72 bits per heavy atom. The van der Waals surface area contributed by atoms with Crippen LogP contribution in [-0.4, -0.2) is 17.4 Å². The quantitative estimate of drug-likeness (QED) is 0.819. The molecule has 0 bridgehead atoms. The third kappa shape index (κ3) is 3.83. The Morgan fingerprint density at radius 2 is 2.22 bits per heavy atom. The maximum Gasteiger partial charge on any atom is 0.228 e. The van der Waals surface area contributed by atoms with Gasteiger partial charge in [-0.2, -0.15) is 0 Å². The lowest BCUT2D eigenvalue weighted by molar-refractivity contribution is -0.119. The molecule has 0 saturated heterocycles. The smallest absolute Gasteiger partial charge is 0.228 e. The average molecular weight is 290 g/mol. The van der Waals surface area contributed by atoms with Crippen LogP contribution >= 0.6 is 23.2 Å². The van der Waals surface area contributed by atoms with Crippen LogP contribution in [0.2, 0.25) is 10.3 Å². The van der Waals surface area contributed by atoms with Gasteiger partial charge in [0.25, 0.3) is 0 Å². The maximum atomic E-state index is 12.0. The molecule has 0 fully saturated rings. The fourth-order valence-electron chi connectivity index (χ4n) is 1.68. The van der Waals surface area contributed by atoms with E-state index >= 15 is 0 Å². The molecule has 1 atom stereocenters. The minimum Gasteiger partial charge on any atom is -0.330 e. The van der Waals surface area contributed by atoms with Crippen molar-refractivity contribution in [2.24, 2.45) is 11.7 Å². The van der Waals surface area contributed by atoms with E-state index in [9.17, 15) is 4.79 Å². The highest BCUT2D eigenvalue weighted by Crippen LogP contribution is 2.27. The van der Waals surface area contributed by atoms with Crippen molar-refractivity contribution in [2.75, 3.05) is 11.9 Å². The Morgan fingerprint density at radius 1 is 1.56 bits per heavy atom. The summed E-state index contributed by atoms with van der Waals surface area (Å²) >= 11 is 11.7. The Balaban J connectivity index is 2.87. The number of hydrogen-bond acceptors (Lipinski definition) is 3. The summed E-state index contributed by atoms with van der Waals surface area (Å²) in [6.45, 7) is 4.14. The van der Waals surface area contributed by atoms with Crippen molar-refractivity contribution >= 4 is 34.8 Å². The second kappa shape index (κ2) is 6.92. The van der Waals surface area contributed by atoms with Gasteiger partial charge < -0.3 is 11.1 Å². The van der Waals surface area contributed by atoms with Gasteiger partial charge in [-0.05, 0) is 25.0 Å². The standard InChI is InChI=1S/C12H17Cl2N3O/c1-3-4-8(6-15)12(18)17-10-7(2)5-9(13)16-11(10)14/h5,8H,3-4,6,15H2,1-2H3,(H,17,18). The molecule has 18 heavy (non-hydrogen) atoms. The van der Waals surface area contributed by atoms with Crippen LogP contribution in [0.5, 0.6) is 0 Å². The number of amides is 1. The minimum atomic E-state index is -0.207. The van der Waals surface area contributed by atoms with Crippen LogP contribution in [0, 0.1) is 12.8 Å². The fraction of sp³-hybridized carbons (Fsp3) is 0.500. The zero-order valence-corrected chi connectivity index (χ0v) is 12.0. The molecular formula is C12H17Cl2N3O. The van der Waals surface area contributed by atoms with Crippen molar-refractivity contribution in [1.82, 2.24) is 4.98 Å². The minimum absolute atomic E-state index is 0.131. The van der Waals surface area contributed by atoms with Gasteiger partial charge in [-0.3, -0.25) is 4.79 Å². The monoisotopic (exact) mass is 289 g/mol. The molecule has 4 nitrogen and oxygen atoms in total. The van der Waals surface area contributed by atoms with Gasteiger partial charge >= 0.3 is 0 Å². The van der Waals surface area contributed by atoms with Crippen molar-refractivity contribution in [2.45, 2.75) is 26.7 Å². The number of nitrogens with two attached hydrogens (primary N) is 1. The van der Waals surface area contributed by atoms with Crippen LogP contribution in [0.3, 0.4) is 0 Å². The highest BCUT2D eigenvalue weighted by Gasteiger charge is 2.18. The van der Waals surface area contributed by atoms with E-state index in [1.807, 2.05) is 13.8 Å². The predicted molar refractivity (Wildman–Crippen MR) is 75.1 cm³/mol. The number of carbonyl (C=O) groups excluding carboxylic acids is 1. The van der Waals surface area contributed by atoms with E-state index in [-0.39, 0.29) is 17.0 Å². The number of aryl methyl sites for hydroxylation is 1. The second-order valence-electron chi connectivity index (χ2n) is 4.14. The maximum absolute atomic E-state index is 12.0. The Kier molecular flexibility index (Phi) is 5.85. The third-order valence-electron chi connectivity index (χ3n) is 2.68. The lowest BCUT2D eigenvalue weighted by atomic mass is 10.0. The SMILES string of the molecule is CCCC(CN)C(=O)Nc1c(C)cc(Cl)nc1Cl. The van der Waals surface area contributed by atoms with E-state index in [1.54, 1.807) is 6.07 Å². The Bertz CT molecular complexity index is 414. The third-order valence-corrected chi connectivity index (χ3v) is 3.15. The molecule has 1 aromatic heterocycles. The lowest BCUT2D eigenvalue weighted by Crippen LogP contribution is -2.29. The van der Waals surface area contributed by atoms with E-state index in [2.05, 4.69) is 10.3 Å². The summed E-state index contributed by atoms with van der Waals surface area (Å²) in [4.78, 5) is 15.9. The molecule has 0 radical (unpaired) electrons. The van der Waals surface area contributed by atoms with Crippen LogP contribution in [0.15, 0.2) is 6.07 Å². The zero-order valence-electron chi connectivity index (χ0n) is 10.5. The number of rotatable bonds is 5. The number of carbonyl (C=O) groups is 1. The summed E-state index contributed by atoms with van der Waals surface area (Å²) in [6, 6.07) is 1.65. The van der Waals surface area contributed by atoms with Crippen molar-refractivity contribution in [3.63, 3.8) is 0 Å². The van der Waals surface area contributed by atoms with Gasteiger partial charge in [0.05, 0.1) is 11.6 Å². The molecule has 6 heteroatoms. The summed E-state index contributed by atoms with van der Waals surface area (Å²) < 4.78 is 0. The Labute approximate surface area is 117 Å². The molecule has 0 aromatic carbocycles. The number of aromatic nitrogens is 1. The number of nitrogens with one attached hydrogen (secondary N) is 1. The van der Waals surface area contributed by atoms with E-state index in [4.69, 9.17) is 28.9 Å². The first-order valence-corrected chi connectivity index (χ1v) is 6.58. The van der Waals surface area contributed by atoms with Crippen molar-refractivity contribution in [3.8, 4) is 0 Å². The van der Waals surface area contributed by atoms with Gasteiger partial charge in [-0.15, -0.1) is 0 Å². The Hall–Kier alpha value is -0.840. The molecule has 1 aromatic rings. The molecule has 0 aliphatic carbocycles. The molecule has 3 N–H and O–H groups in total. The van der Waals surface area contributed by atoms with Gasteiger partial charge in [0.1, 0.15) is 5.15 Å². The van der Waals surface area contributed by atoms with Gasteiger partial charge in [-0.1, -0.05) is 36.5 Å². The van der Waals surface area contributed by atoms with E-state index in [0.717, 1.165) is 18.4 Å². The number of anilines is 1. The molecule has 0 aliphatic rings. The number of pyridine rings is 1. The van der Waals surface area contributed by atoms with Gasteiger partial charge in [0.15, 0.2) is 5.15 Å². The zero-order chi connectivity index (χ0) is 13.7. The van der Waals surface area contributed by atoms with Crippen LogP contribution in [0.1, 0.15) is 25.3 Å². The first kappa shape index (κ1) is 15.2. The summed E-state index contributed by atoms with van der Waals surface area (Å²) in [5.41, 5.74) is 6.86. The molecule has 0 aliphatic heterocycles. The molecule has 100 valence electrons.